The normalized spacial score (nSPS) is 20.8. The molecule has 0 aromatic heterocycles. The number of fused-ring (bicyclic) bond motifs is 1. The Balaban J connectivity index is 1.52. The van der Waals surface area contributed by atoms with Gasteiger partial charge in [0.05, 0.1) is 19.3 Å². The Morgan fingerprint density at radius 1 is 1.12 bits per heavy atom. The van der Waals surface area contributed by atoms with E-state index in [1.165, 1.54) is 17.5 Å². The zero-order valence-electron chi connectivity index (χ0n) is 14.1. The average Bonchev–Trinajstić information content (AvgIpc) is 2.83. The molecule has 1 aromatic rings. The molecule has 1 N–H and O–H groups in total. The van der Waals surface area contributed by atoms with Crippen LogP contribution in [0.3, 0.4) is 0 Å². The van der Waals surface area contributed by atoms with Crippen LogP contribution in [0.15, 0.2) is 24.3 Å². The van der Waals surface area contributed by atoms with E-state index in [1.807, 2.05) is 6.07 Å². The Morgan fingerprint density at radius 3 is 2.75 bits per heavy atom. The van der Waals surface area contributed by atoms with Crippen LogP contribution in [0.5, 0.6) is 0 Å². The van der Waals surface area contributed by atoms with Gasteiger partial charge in [-0.15, -0.1) is 0 Å². The first kappa shape index (κ1) is 17.0. The first-order valence-electron chi connectivity index (χ1n) is 8.97. The van der Waals surface area contributed by atoms with E-state index in [2.05, 4.69) is 23.5 Å². The highest BCUT2D eigenvalue weighted by molar-refractivity contribution is 5.84. The lowest BCUT2D eigenvalue weighted by molar-refractivity contribution is -0.137. The number of rotatable bonds is 4. The minimum absolute atomic E-state index is 0.0293. The van der Waals surface area contributed by atoms with Gasteiger partial charge in [-0.05, 0) is 30.4 Å². The number of aryl methyl sites for hydroxylation is 1. The summed E-state index contributed by atoms with van der Waals surface area (Å²) in [5.41, 5.74) is 2.58. The van der Waals surface area contributed by atoms with Crippen molar-refractivity contribution in [2.45, 2.75) is 44.6 Å². The average molecular weight is 330 g/mol. The van der Waals surface area contributed by atoms with Gasteiger partial charge < -0.3 is 15.0 Å². The molecule has 1 atom stereocenters. The van der Waals surface area contributed by atoms with E-state index in [4.69, 9.17) is 4.74 Å². The number of hydrogen-bond acceptors (Lipinski definition) is 3. The summed E-state index contributed by atoms with van der Waals surface area (Å²) < 4.78 is 5.25. The van der Waals surface area contributed by atoms with Crippen molar-refractivity contribution in [2.75, 3.05) is 26.3 Å². The van der Waals surface area contributed by atoms with E-state index < -0.39 is 0 Å². The molecule has 5 heteroatoms. The van der Waals surface area contributed by atoms with Crippen molar-refractivity contribution in [1.82, 2.24) is 10.2 Å². The molecule has 1 aliphatic heterocycles. The van der Waals surface area contributed by atoms with Gasteiger partial charge in [-0.25, -0.2) is 0 Å². The molecule has 3 rings (SSSR count). The van der Waals surface area contributed by atoms with E-state index in [-0.39, 0.29) is 30.7 Å². The monoisotopic (exact) mass is 330 g/mol. The van der Waals surface area contributed by atoms with Gasteiger partial charge in [-0.1, -0.05) is 30.7 Å². The van der Waals surface area contributed by atoms with E-state index in [0.717, 1.165) is 19.3 Å². The molecule has 130 valence electrons. The third kappa shape index (κ3) is 4.35. The lowest BCUT2D eigenvalue weighted by Crippen LogP contribution is -2.41. The maximum Gasteiger partial charge on any atom is 0.223 e. The number of nitrogens with zero attached hydrogens (tertiary/aromatic N) is 1. The smallest absolute Gasteiger partial charge is 0.223 e. The van der Waals surface area contributed by atoms with Gasteiger partial charge in [0.15, 0.2) is 0 Å². The number of carbonyl (C=O) groups is 2. The van der Waals surface area contributed by atoms with Crippen molar-refractivity contribution < 1.29 is 14.3 Å². The Bertz CT molecular complexity index is 582. The fourth-order valence-electron chi connectivity index (χ4n) is 3.53. The molecule has 1 saturated heterocycles. The van der Waals surface area contributed by atoms with Gasteiger partial charge in [-0.3, -0.25) is 9.59 Å². The number of hydrogen-bond donors (Lipinski definition) is 1. The molecule has 2 aliphatic rings. The lowest BCUT2D eigenvalue weighted by atomic mass is 9.99. The molecule has 1 heterocycles. The van der Waals surface area contributed by atoms with Gasteiger partial charge >= 0.3 is 0 Å². The fourth-order valence-corrected chi connectivity index (χ4v) is 3.53. The molecule has 1 aromatic carbocycles. The summed E-state index contributed by atoms with van der Waals surface area (Å²) in [7, 11) is 0. The Kier molecular flexibility index (Phi) is 5.86. The highest BCUT2D eigenvalue weighted by Crippen LogP contribution is 2.28. The molecule has 5 nitrogen and oxygen atoms in total. The van der Waals surface area contributed by atoms with Crippen molar-refractivity contribution in [3.63, 3.8) is 0 Å². The number of carbonyl (C=O) groups excluding carboxylic acids is 2. The lowest BCUT2D eigenvalue weighted by Gasteiger charge is -2.27. The second-order valence-electron chi connectivity index (χ2n) is 6.56. The largest absolute Gasteiger partial charge is 0.378 e. The summed E-state index contributed by atoms with van der Waals surface area (Å²) >= 11 is 0. The molecule has 0 saturated carbocycles. The molecule has 0 bridgehead atoms. The number of ether oxygens (including phenoxy) is 1. The number of nitrogens with one attached hydrogen (secondary N) is 1. The first-order valence-corrected chi connectivity index (χ1v) is 8.97. The van der Waals surface area contributed by atoms with Gasteiger partial charge in [0, 0.05) is 25.9 Å². The molecule has 2 amide bonds. The van der Waals surface area contributed by atoms with Gasteiger partial charge in [0.25, 0.3) is 0 Å². The van der Waals surface area contributed by atoms with Crippen LogP contribution in [0.4, 0.5) is 0 Å². The quantitative estimate of drug-likeness (QED) is 0.861. The van der Waals surface area contributed by atoms with Crippen LogP contribution >= 0.6 is 0 Å². The highest BCUT2D eigenvalue weighted by Gasteiger charge is 2.21. The topological polar surface area (TPSA) is 58.6 Å². The summed E-state index contributed by atoms with van der Waals surface area (Å²) in [5, 5.41) is 3.14. The molecule has 1 unspecified atom stereocenters. The number of benzene rings is 1. The van der Waals surface area contributed by atoms with Crippen LogP contribution in [-0.2, 0) is 20.7 Å². The van der Waals surface area contributed by atoms with Crippen molar-refractivity contribution in [3.05, 3.63) is 35.4 Å². The van der Waals surface area contributed by atoms with Gasteiger partial charge in [0.1, 0.15) is 0 Å². The number of morpholine rings is 1. The Morgan fingerprint density at radius 2 is 1.92 bits per heavy atom. The zero-order chi connectivity index (χ0) is 16.8. The number of amides is 2. The van der Waals surface area contributed by atoms with Gasteiger partial charge in [-0.2, -0.15) is 0 Å². The fraction of sp³-hybridized carbons (Fsp3) is 0.579. The van der Waals surface area contributed by atoms with Crippen LogP contribution in [0, 0.1) is 0 Å². The standard InChI is InChI=1S/C19H26N2O3/c22-18(9-10-19(23)21-11-13-24-14-12-21)20-17-8-4-2-6-15-5-1-3-7-16(15)17/h1,3,5,7,17H,2,4,6,8-14H2,(H,20,22). The minimum atomic E-state index is -0.0293. The summed E-state index contributed by atoms with van der Waals surface area (Å²) in [6.45, 7) is 2.46. The second-order valence-corrected chi connectivity index (χ2v) is 6.56. The summed E-state index contributed by atoms with van der Waals surface area (Å²) in [5.74, 6) is 0.0213. The second kappa shape index (κ2) is 8.29. The maximum atomic E-state index is 12.3. The predicted molar refractivity (Wildman–Crippen MR) is 91.5 cm³/mol. The van der Waals surface area contributed by atoms with E-state index in [9.17, 15) is 9.59 Å². The maximum absolute atomic E-state index is 12.3. The van der Waals surface area contributed by atoms with Crippen molar-refractivity contribution in [2.24, 2.45) is 0 Å². The van der Waals surface area contributed by atoms with Crippen LogP contribution in [-0.4, -0.2) is 43.0 Å². The summed E-state index contributed by atoms with van der Waals surface area (Å²) in [4.78, 5) is 26.2. The van der Waals surface area contributed by atoms with Crippen molar-refractivity contribution >= 4 is 11.8 Å². The minimum Gasteiger partial charge on any atom is -0.378 e. The molecular weight excluding hydrogens is 304 g/mol. The molecule has 0 radical (unpaired) electrons. The SMILES string of the molecule is O=C(CCC(=O)N1CCOCC1)NC1CCCCc2ccccc21. The highest BCUT2D eigenvalue weighted by atomic mass is 16.5. The van der Waals surface area contributed by atoms with Crippen LogP contribution in [0.1, 0.15) is 49.3 Å². The zero-order valence-corrected chi connectivity index (χ0v) is 14.1. The van der Waals surface area contributed by atoms with Gasteiger partial charge in [0.2, 0.25) is 11.8 Å². The molecule has 1 aliphatic carbocycles. The van der Waals surface area contributed by atoms with Crippen molar-refractivity contribution in [1.29, 1.82) is 0 Å². The van der Waals surface area contributed by atoms with Crippen LogP contribution in [0.25, 0.3) is 0 Å². The summed E-state index contributed by atoms with van der Waals surface area (Å²) in [6.07, 6.45) is 4.87. The predicted octanol–water partition coefficient (Wildman–Crippen LogP) is 2.21. The first-order chi connectivity index (χ1) is 11.7. The van der Waals surface area contributed by atoms with Crippen LogP contribution < -0.4 is 5.32 Å². The molecule has 0 spiro atoms. The van der Waals surface area contributed by atoms with Crippen molar-refractivity contribution in [3.8, 4) is 0 Å². The summed E-state index contributed by atoms with van der Waals surface area (Å²) in [6, 6.07) is 8.44. The molecule has 1 fully saturated rings. The molecule has 24 heavy (non-hydrogen) atoms. The van der Waals surface area contributed by atoms with E-state index in [0.29, 0.717) is 26.3 Å². The third-order valence-electron chi connectivity index (χ3n) is 4.88. The third-order valence-corrected chi connectivity index (χ3v) is 4.88. The Labute approximate surface area is 143 Å². The Hall–Kier alpha value is -1.88. The van der Waals surface area contributed by atoms with E-state index in [1.54, 1.807) is 4.90 Å². The molecular formula is C19H26N2O3. The van der Waals surface area contributed by atoms with Crippen LogP contribution in [0.2, 0.25) is 0 Å². The van der Waals surface area contributed by atoms with E-state index >= 15 is 0 Å².